The van der Waals surface area contributed by atoms with Crippen molar-refractivity contribution in [2.45, 2.75) is 43.9 Å². The third-order valence-electron chi connectivity index (χ3n) is 8.61. The molecule has 0 saturated heterocycles. The van der Waals surface area contributed by atoms with Gasteiger partial charge >= 0.3 is 0 Å². The van der Waals surface area contributed by atoms with E-state index in [1.54, 1.807) is 11.1 Å². The Bertz CT molecular complexity index is 1320. The molecule has 2 unspecified atom stereocenters. The van der Waals surface area contributed by atoms with E-state index < -0.39 is 0 Å². The van der Waals surface area contributed by atoms with Crippen molar-refractivity contribution < 1.29 is 0 Å². The third-order valence-corrected chi connectivity index (χ3v) is 8.61. The average molecular weight is 442 g/mol. The first-order chi connectivity index (χ1) is 16.8. The minimum absolute atomic E-state index is 0.678. The van der Waals surface area contributed by atoms with E-state index in [0.29, 0.717) is 5.92 Å². The summed E-state index contributed by atoms with van der Waals surface area (Å²) in [7, 11) is 0. The van der Waals surface area contributed by atoms with Crippen LogP contribution in [-0.4, -0.2) is 0 Å². The Morgan fingerprint density at radius 1 is 0.500 bits per heavy atom. The van der Waals surface area contributed by atoms with Crippen molar-refractivity contribution in [1.29, 1.82) is 0 Å². The van der Waals surface area contributed by atoms with Crippen LogP contribution < -0.4 is 5.32 Å². The van der Waals surface area contributed by atoms with Crippen LogP contribution in [-0.2, 0) is 0 Å². The molecule has 1 heteroatoms. The second-order valence-electron chi connectivity index (χ2n) is 10.7. The molecule has 4 aromatic rings. The van der Waals surface area contributed by atoms with Crippen LogP contribution in [0.25, 0.3) is 22.3 Å². The van der Waals surface area contributed by atoms with Gasteiger partial charge in [0, 0.05) is 16.9 Å². The molecule has 0 amide bonds. The maximum absolute atomic E-state index is 3.79. The monoisotopic (exact) mass is 441 g/mol. The molecule has 0 heterocycles. The van der Waals surface area contributed by atoms with Crippen molar-refractivity contribution in [3.63, 3.8) is 0 Å². The highest BCUT2D eigenvalue weighted by atomic mass is 14.9. The summed E-state index contributed by atoms with van der Waals surface area (Å²) in [6.07, 6.45) is 6.93. The lowest BCUT2D eigenvalue weighted by molar-refractivity contribution is 0.153. The van der Waals surface area contributed by atoms with Crippen LogP contribution in [0.4, 0.5) is 11.4 Å². The van der Waals surface area contributed by atoms with Crippen molar-refractivity contribution in [2.24, 2.45) is 11.8 Å². The van der Waals surface area contributed by atoms with E-state index in [4.69, 9.17) is 0 Å². The Morgan fingerprint density at radius 3 is 1.91 bits per heavy atom. The smallest absolute Gasteiger partial charge is 0.0463 e. The number of hydrogen-bond donors (Lipinski definition) is 1. The van der Waals surface area contributed by atoms with Gasteiger partial charge in [-0.15, -0.1) is 0 Å². The molecule has 0 radical (unpaired) electrons. The van der Waals surface area contributed by atoms with Gasteiger partial charge in [0.25, 0.3) is 0 Å². The summed E-state index contributed by atoms with van der Waals surface area (Å²) in [6.45, 7) is 0. The molecule has 1 nitrogen and oxygen atoms in total. The molecule has 2 atom stereocenters. The molecule has 0 spiro atoms. The number of para-hydroxylation sites is 1. The second-order valence-corrected chi connectivity index (χ2v) is 10.7. The van der Waals surface area contributed by atoms with Gasteiger partial charge in [-0.05, 0) is 102 Å². The van der Waals surface area contributed by atoms with Crippen LogP contribution in [0.2, 0.25) is 0 Å². The first-order valence-corrected chi connectivity index (χ1v) is 13.0. The van der Waals surface area contributed by atoms with E-state index in [1.165, 1.54) is 65.7 Å². The van der Waals surface area contributed by atoms with Crippen molar-refractivity contribution in [3.05, 3.63) is 108 Å². The predicted molar refractivity (Wildman–Crippen MR) is 143 cm³/mol. The van der Waals surface area contributed by atoms with E-state index in [9.17, 15) is 0 Å². The summed E-state index contributed by atoms with van der Waals surface area (Å²) in [6, 6.07) is 35.8. The molecule has 168 valence electrons. The van der Waals surface area contributed by atoms with Crippen molar-refractivity contribution in [1.82, 2.24) is 0 Å². The lowest BCUT2D eigenvalue weighted by Gasteiger charge is -2.42. The van der Waals surface area contributed by atoms with Crippen molar-refractivity contribution >= 4 is 11.4 Å². The fraction of sp³-hybridized carbons (Fsp3) is 0.273. The van der Waals surface area contributed by atoms with Crippen LogP contribution in [0.5, 0.6) is 0 Å². The molecule has 4 aliphatic rings. The molecule has 0 aromatic heterocycles. The zero-order valence-corrected chi connectivity index (χ0v) is 19.6. The Morgan fingerprint density at radius 2 is 1.12 bits per heavy atom. The normalized spacial score (nSPS) is 24.5. The molecular weight excluding hydrogens is 410 g/mol. The Kier molecular flexibility index (Phi) is 4.82. The van der Waals surface area contributed by atoms with E-state index >= 15 is 0 Å². The predicted octanol–water partition coefficient (Wildman–Crippen LogP) is 9.16. The first kappa shape index (κ1) is 20.1. The first-order valence-electron chi connectivity index (χ1n) is 13.0. The molecule has 2 fully saturated rings. The maximum Gasteiger partial charge on any atom is 0.0463 e. The van der Waals surface area contributed by atoms with E-state index in [-0.39, 0.29) is 0 Å². The van der Waals surface area contributed by atoms with Gasteiger partial charge < -0.3 is 5.32 Å². The lowest BCUT2D eigenvalue weighted by Crippen LogP contribution is -2.29. The second kappa shape index (κ2) is 8.17. The zero-order valence-electron chi connectivity index (χ0n) is 19.6. The summed E-state index contributed by atoms with van der Waals surface area (Å²) < 4.78 is 0. The quantitative estimate of drug-likeness (QED) is 0.334. The van der Waals surface area contributed by atoms with Crippen LogP contribution in [0, 0.1) is 11.8 Å². The summed E-state index contributed by atoms with van der Waals surface area (Å²) in [5.74, 6) is 3.19. The Hall–Kier alpha value is -3.32. The van der Waals surface area contributed by atoms with E-state index in [2.05, 4.69) is 102 Å². The van der Waals surface area contributed by atoms with Crippen molar-refractivity contribution in [2.75, 3.05) is 5.32 Å². The summed E-state index contributed by atoms with van der Waals surface area (Å²) in [5, 5.41) is 3.79. The standard InChI is InChI=1S/C33H31N/c1-2-8-24(9-3-1)29-11-6-7-13-33(29)34-27-14-15-31-30-12-5-4-10-28(30)25-17-22-16-23(18-25)20-26(19-22)32(31)21-27/h1-15,21-23,25-26,34H,16-20H2. The maximum atomic E-state index is 3.79. The van der Waals surface area contributed by atoms with Gasteiger partial charge in [0.05, 0.1) is 0 Å². The zero-order chi connectivity index (χ0) is 22.5. The minimum Gasteiger partial charge on any atom is -0.355 e. The van der Waals surface area contributed by atoms with Crippen molar-refractivity contribution in [3.8, 4) is 22.3 Å². The largest absolute Gasteiger partial charge is 0.355 e. The third kappa shape index (κ3) is 3.46. The summed E-state index contributed by atoms with van der Waals surface area (Å²) in [4.78, 5) is 0. The van der Waals surface area contributed by atoms with Gasteiger partial charge in [-0.1, -0.05) is 78.9 Å². The van der Waals surface area contributed by atoms with E-state index in [0.717, 1.165) is 17.8 Å². The number of anilines is 2. The van der Waals surface area contributed by atoms with Gasteiger partial charge in [-0.3, -0.25) is 0 Å². The number of nitrogens with one attached hydrogen (secondary N) is 1. The molecule has 4 aromatic carbocycles. The molecule has 2 saturated carbocycles. The Labute approximate surface area is 202 Å². The SMILES string of the molecule is c1ccc(-c2ccccc2Nc2ccc3c(c2)C2CC4CC(CC(C4)c4ccccc4-3)C2)cc1. The highest BCUT2D eigenvalue weighted by molar-refractivity contribution is 5.82. The van der Waals surface area contributed by atoms with Crippen LogP contribution in [0.3, 0.4) is 0 Å². The summed E-state index contributed by atoms with van der Waals surface area (Å²) >= 11 is 0. The fourth-order valence-corrected chi connectivity index (χ4v) is 7.30. The summed E-state index contributed by atoms with van der Waals surface area (Å²) in [5.41, 5.74) is 11.0. The average Bonchev–Trinajstić information content (AvgIpc) is 2.94. The lowest BCUT2D eigenvalue weighted by atomic mass is 9.63. The fourth-order valence-electron chi connectivity index (χ4n) is 7.30. The molecule has 4 bridgehead atoms. The minimum atomic E-state index is 0.678. The highest BCUT2D eigenvalue weighted by Crippen LogP contribution is 2.55. The van der Waals surface area contributed by atoms with Gasteiger partial charge in [-0.25, -0.2) is 0 Å². The Balaban J connectivity index is 1.33. The number of rotatable bonds is 3. The molecule has 8 rings (SSSR count). The number of hydrogen-bond acceptors (Lipinski definition) is 1. The van der Waals surface area contributed by atoms with Gasteiger partial charge in [0.1, 0.15) is 0 Å². The molecule has 1 N–H and O–H groups in total. The van der Waals surface area contributed by atoms with Gasteiger partial charge in [-0.2, -0.15) is 0 Å². The molecule has 0 aliphatic heterocycles. The highest BCUT2D eigenvalue weighted by Gasteiger charge is 2.39. The molecular formula is C33H31N. The van der Waals surface area contributed by atoms with Gasteiger partial charge in [0.2, 0.25) is 0 Å². The van der Waals surface area contributed by atoms with Crippen LogP contribution in [0.15, 0.2) is 97.1 Å². The van der Waals surface area contributed by atoms with E-state index in [1.807, 2.05) is 0 Å². The topological polar surface area (TPSA) is 12.0 Å². The van der Waals surface area contributed by atoms with Crippen LogP contribution >= 0.6 is 0 Å². The number of benzene rings is 4. The molecule has 34 heavy (non-hydrogen) atoms. The van der Waals surface area contributed by atoms with Gasteiger partial charge in [0.15, 0.2) is 0 Å². The molecule has 4 aliphatic carbocycles. The van der Waals surface area contributed by atoms with Crippen LogP contribution in [0.1, 0.15) is 55.1 Å².